The summed E-state index contributed by atoms with van der Waals surface area (Å²) in [4.78, 5) is 0. The van der Waals surface area contributed by atoms with E-state index in [0.717, 1.165) is 0 Å². The molecule has 8 heteroatoms. The van der Waals surface area contributed by atoms with Crippen LogP contribution in [0.3, 0.4) is 0 Å². The molecule has 2 aliphatic heterocycles. The van der Waals surface area contributed by atoms with Crippen molar-refractivity contribution in [3.05, 3.63) is 0 Å². The van der Waals surface area contributed by atoms with Gasteiger partial charge in [-0.3, -0.25) is 4.74 Å². The van der Waals surface area contributed by atoms with Crippen molar-refractivity contribution in [1.82, 2.24) is 0 Å². The van der Waals surface area contributed by atoms with Crippen LogP contribution >= 0.6 is 0 Å². The first-order valence-electron chi connectivity index (χ1n) is 4.83. The lowest BCUT2D eigenvalue weighted by molar-refractivity contribution is -0.267. The zero-order valence-electron chi connectivity index (χ0n) is 8.30. The molecule has 0 aromatic carbocycles. The Labute approximate surface area is 90.9 Å². The topological polar surface area (TPSA) is 118 Å². The Kier molecular flexibility index (Phi) is 3.72. The summed E-state index contributed by atoms with van der Waals surface area (Å²) in [5.41, 5.74) is 0. The summed E-state index contributed by atoms with van der Waals surface area (Å²) < 4.78 is 20.0. The molecule has 0 bridgehead atoms. The third-order valence-electron chi connectivity index (χ3n) is 2.56. The van der Waals surface area contributed by atoms with E-state index in [1.54, 1.807) is 0 Å². The number of hydrogen-bond acceptors (Lipinski definition) is 8. The lowest BCUT2D eigenvalue weighted by atomic mass is 10.1. The van der Waals surface area contributed by atoms with E-state index < -0.39 is 50.6 Å². The molecule has 2 saturated heterocycles. The number of fused-ring (bicyclic) bond motifs is 1. The molecule has 2 rings (SSSR count). The van der Waals surface area contributed by atoms with Gasteiger partial charge in [-0.05, 0) is 0 Å². The molecule has 6 unspecified atom stereocenters. The predicted molar refractivity (Wildman–Crippen MR) is 45.7 cm³/mol. The molecule has 2 heterocycles. The number of rotatable bonds is 4. The Morgan fingerprint density at radius 2 is 1.94 bits per heavy atom. The van der Waals surface area contributed by atoms with Crippen molar-refractivity contribution in [2.45, 2.75) is 37.2 Å². The second-order valence-electron chi connectivity index (χ2n) is 3.52. The molecular formula is C8H14O8. The molecule has 0 aromatic heterocycles. The van der Waals surface area contributed by atoms with Gasteiger partial charge in [0.15, 0.2) is 6.29 Å². The lowest BCUT2D eigenvalue weighted by Gasteiger charge is -2.24. The van der Waals surface area contributed by atoms with Crippen molar-refractivity contribution < 1.29 is 39.4 Å². The smallest absolute Gasteiger partial charge is 0.271 e. The second-order valence-corrected chi connectivity index (χ2v) is 3.52. The van der Waals surface area contributed by atoms with Gasteiger partial charge < -0.3 is 34.6 Å². The molecule has 2 fully saturated rings. The maximum atomic E-state index is 9.47. The fourth-order valence-electron chi connectivity index (χ4n) is 1.87. The quantitative estimate of drug-likeness (QED) is 0.385. The van der Waals surface area contributed by atoms with E-state index in [4.69, 9.17) is 34.3 Å². The van der Waals surface area contributed by atoms with Crippen molar-refractivity contribution in [2.75, 3.05) is 13.4 Å². The maximum Gasteiger partial charge on any atom is 0.271 e. The van der Waals surface area contributed by atoms with Crippen molar-refractivity contribution in [3.63, 3.8) is 0 Å². The Morgan fingerprint density at radius 1 is 1.19 bits per heavy atom. The van der Waals surface area contributed by atoms with E-state index in [2.05, 4.69) is 0 Å². The molecule has 0 radical (unpaired) electrons. The molecule has 0 aromatic rings. The van der Waals surface area contributed by atoms with Crippen LogP contribution in [0, 0.1) is 0 Å². The van der Waals surface area contributed by atoms with E-state index in [0.29, 0.717) is 0 Å². The minimum Gasteiger partial charge on any atom is -0.394 e. The third-order valence-corrected chi connectivity index (χ3v) is 2.56. The predicted octanol–water partition coefficient (Wildman–Crippen LogP) is -2.91. The van der Waals surface area contributed by atoms with Crippen LogP contribution in [0.4, 0.5) is 0 Å². The Morgan fingerprint density at radius 3 is 2.56 bits per heavy atom. The first-order chi connectivity index (χ1) is 7.67. The Hall–Kier alpha value is -0.320. The molecule has 0 amide bonds. The van der Waals surface area contributed by atoms with Crippen LogP contribution in [0.5, 0.6) is 0 Å². The molecule has 94 valence electrons. The van der Waals surface area contributed by atoms with Gasteiger partial charge >= 0.3 is 0 Å². The fraction of sp³-hybridized carbons (Fsp3) is 1.00. The monoisotopic (exact) mass is 238 g/mol. The molecule has 6 atom stereocenters. The zero-order valence-corrected chi connectivity index (χ0v) is 8.30. The highest BCUT2D eigenvalue weighted by molar-refractivity contribution is 4.94. The Balaban J connectivity index is 2.06. The lowest BCUT2D eigenvalue weighted by Crippen LogP contribution is -2.43. The van der Waals surface area contributed by atoms with Crippen molar-refractivity contribution in [2.24, 2.45) is 0 Å². The van der Waals surface area contributed by atoms with Crippen molar-refractivity contribution in [1.29, 1.82) is 0 Å². The summed E-state index contributed by atoms with van der Waals surface area (Å²) in [6.07, 6.45) is -4.48. The largest absolute Gasteiger partial charge is 0.394 e. The van der Waals surface area contributed by atoms with Gasteiger partial charge in [0.1, 0.15) is 31.2 Å². The number of ether oxygens (including phenoxy) is 4. The molecule has 4 N–H and O–H groups in total. The van der Waals surface area contributed by atoms with E-state index in [-0.39, 0.29) is 0 Å². The summed E-state index contributed by atoms with van der Waals surface area (Å²) in [6, 6.07) is 0. The fourth-order valence-corrected chi connectivity index (χ4v) is 1.87. The van der Waals surface area contributed by atoms with Crippen LogP contribution in [-0.2, 0) is 18.9 Å². The molecule has 8 nitrogen and oxygen atoms in total. The van der Waals surface area contributed by atoms with Gasteiger partial charge in [-0.1, -0.05) is 0 Å². The molecule has 0 saturated carbocycles. The molecule has 2 aliphatic rings. The van der Waals surface area contributed by atoms with Gasteiger partial charge in [0.25, 0.3) is 6.48 Å². The van der Waals surface area contributed by atoms with E-state index in [1.165, 1.54) is 0 Å². The normalized spacial score (nSPS) is 44.6. The summed E-state index contributed by atoms with van der Waals surface area (Å²) in [5.74, 6) is 0. The van der Waals surface area contributed by atoms with Crippen LogP contribution in [-0.4, -0.2) is 71.0 Å². The summed E-state index contributed by atoms with van der Waals surface area (Å²) in [6.45, 7) is -2.52. The highest BCUT2D eigenvalue weighted by atomic mass is 16.9. The van der Waals surface area contributed by atoms with Crippen molar-refractivity contribution in [3.8, 4) is 0 Å². The van der Waals surface area contributed by atoms with Crippen LogP contribution < -0.4 is 0 Å². The highest BCUT2D eigenvalue weighted by Gasteiger charge is 2.54. The van der Waals surface area contributed by atoms with Crippen LogP contribution in [0.15, 0.2) is 0 Å². The number of aliphatic hydroxyl groups excluding tert-OH is 4. The maximum absolute atomic E-state index is 9.47. The van der Waals surface area contributed by atoms with Crippen molar-refractivity contribution >= 4 is 0 Å². The van der Waals surface area contributed by atoms with Gasteiger partial charge in [-0.25, -0.2) is 0 Å². The highest BCUT2D eigenvalue weighted by Crippen LogP contribution is 2.34. The van der Waals surface area contributed by atoms with Gasteiger partial charge in [-0.2, -0.15) is 0 Å². The van der Waals surface area contributed by atoms with Crippen LogP contribution in [0.1, 0.15) is 0 Å². The minimum absolute atomic E-state index is 0.516. The van der Waals surface area contributed by atoms with E-state index in [9.17, 15) is 5.11 Å². The second kappa shape index (κ2) is 4.90. The average Bonchev–Trinajstić information content (AvgIpc) is 2.76. The summed E-state index contributed by atoms with van der Waals surface area (Å²) in [5, 5.41) is 36.0. The molecule has 0 aliphatic carbocycles. The standard InChI is InChI=1S/C8H14O8/c9-1-3(11)4-5(13-2-10)6-7(14-4)16-8(12)15-6/h3-12H,1-2H2. The first kappa shape index (κ1) is 12.1. The minimum atomic E-state index is -1.41. The van der Waals surface area contributed by atoms with Gasteiger partial charge in [0, 0.05) is 0 Å². The first-order valence-corrected chi connectivity index (χ1v) is 4.83. The molecular weight excluding hydrogens is 224 g/mol. The summed E-state index contributed by atoms with van der Waals surface area (Å²) >= 11 is 0. The number of hydrogen-bond donors (Lipinski definition) is 4. The zero-order chi connectivity index (χ0) is 11.7. The van der Waals surface area contributed by atoms with Gasteiger partial charge in [0.05, 0.1) is 6.61 Å². The van der Waals surface area contributed by atoms with Crippen LogP contribution in [0.2, 0.25) is 0 Å². The van der Waals surface area contributed by atoms with Crippen LogP contribution in [0.25, 0.3) is 0 Å². The Bertz CT molecular complexity index is 236. The van der Waals surface area contributed by atoms with E-state index >= 15 is 0 Å². The molecule has 16 heavy (non-hydrogen) atoms. The van der Waals surface area contributed by atoms with Gasteiger partial charge in [-0.15, -0.1) is 0 Å². The van der Waals surface area contributed by atoms with E-state index in [1.807, 2.05) is 0 Å². The summed E-state index contributed by atoms with van der Waals surface area (Å²) in [7, 11) is 0. The van der Waals surface area contributed by atoms with Gasteiger partial charge in [0.2, 0.25) is 0 Å². The third kappa shape index (κ3) is 2.06. The number of aliphatic hydroxyl groups is 4. The molecule has 0 spiro atoms. The average molecular weight is 238 g/mol. The SMILES string of the molecule is OCOC1C(C(O)CO)OC2OC(O)OC21.